The topological polar surface area (TPSA) is 75.4 Å². The lowest BCUT2D eigenvalue weighted by Crippen LogP contribution is -2.47. The molecule has 1 aromatic carbocycles. The van der Waals surface area contributed by atoms with Crippen LogP contribution in [0.2, 0.25) is 0 Å². The number of hydrogen-bond donors (Lipinski definition) is 3. The Morgan fingerprint density at radius 1 is 1.27 bits per heavy atom. The smallest absolute Gasteiger partial charge is 0.225 e. The van der Waals surface area contributed by atoms with Crippen LogP contribution in [0.1, 0.15) is 24.8 Å². The third kappa shape index (κ3) is 3.62. The molecule has 22 heavy (non-hydrogen) atoms. The SMILES string of the molecule is Cl.NC1C2CCC(C2)C1C(=O)NCC(O)Cc1ccccc1. The van der Waals surface area contributed by atoms with Crippen LogP contribution in [0.3, 0.4) is 0 Å². The minimum Gasteiger partial charge on any atom is -0.391 e. The first-order valence-corrected chi connectivity index (χ1v) is 7.90. The molecule has 1 amide bonds. The van der Waals surface area contributed by atoms with Crippen molar-refractivity contribution in [2.75, 3.05) is 6.54 Å². The number of carbonyl (C=O) groups excluding carboxylic acids is 1. The molecule has 2 aliphatic carbocycles. The van der Waals surface area contributed by atoms with Gasteiger partial charge in [0.1, 0.15) is 0 Å². The maximum absolute atomic E-state index is 12.3. The molecule has 0 aromatic heterocycles. The Labute approximate surface area is 137 Å². The molecular weight excluding hydrogens is 300 g/mol. The van der Waals surface area contributed by atoms with E-state index in [0.717, 1.165) is 18.4 Å². The molecule has 5 unspecified atom stereocenters. The van der Waals surface area contributed by atoms with Gasteiger partial charge in [0, 0.05) is 19.0 Å². The standard InChI is InChI=1S/C17H24N2O2.ClH/c18-16-13-7-6-12(9-13)15(16)17(21)19-10-14(20)8-11-4-2-1-3-5-11;/h1-5,12-16,20H,6-10,18H2,(H,19,21);1H. The Morgan fingerprint density at radius 2 is 1.95 bits per heavy atom. The second-order valence-electron chi connectivity index (χ2n) is 6.53. The molecule has 5 atom stereocenters. The summed E-state index contributed by atoms with van der Waals surface area (Å²) < 4.78 is 0. The first-order valence-electron chi connectivity index (χ1n) is 7.90. The van der Waals surface area contributed by atoms with Gasteiger partial charge in [-0.2, -0.15) is 0 Å². The monoisotopic (exact) mass is 324 g/mol. The van der Waals surface area contributed by atoms with Gasteiger partial charge in [-0.15, -0.1) is 12.4 Å². The summed E-state index contributed by atoms with van der Waals surface area (Å²) in [4.78, 5) is 12.3. The highest BCUT2D eigenvalue weighted by Crippen LogP contribution is 2.47. The lowest BCUT2D eigenvalue weighted by Gasteiger charge is -2.27. The van der Waals surface area contributed by atoms with Crippen molar-refractivity contribution in [1.29, 1.82) is 0 Å². The summed E-state index contributed by atoms with van der Waals surface area (Å²) in [7, 11) is 0. The van der Waals surface area contributed by atoms with Gasteiger partial charge in [0.05, 0.1) is 12.0 Å². The van der Waals surface area contributed by atoms with E-state index in [4.69, 9.17) is 5.73 Å². The maximum Gasteiger partial charge on any atom is 0.225 e. The zero-order chi connectivity index (χ0) is 14.8. The second-order valence-corrected chi connectivity index (χ2v) is 6.53. The van der Waals surface area contributed by atoms with E-state index in [-0.39, 0.29) is 30.3 Å². The fraction of sp³-hybridized carbons (Fsp3) is 0.588. The van der Waals surface area contributed by atoms with Gasteiger partial charge in [0.25, 0.3) is 0 Å². The first kappa shape index (κ1) is 17.3. The van der Waals surface area contributed by atoms with Crippen molar-refractivity contribution in [3.63, 3.8) is 0 Å². The fourth-order valence-electron chi connectivity index (χ4n) is 4.02. The van der Waals surface area contributed by atoms with Crippen LogP contribution < -0.4 is 11.1 Å². The fourth-order valence-corrected chi connectivity index (χ4v) is 4.02. The number of nitrogens with two attached hydrogens (primary N) is 1. The molecule has 3 rings (SSSR count). The summed E-state index contributed by atoms with van der Waals surface area (Å²) in [6.07, 6.45) is 3.41. The number of rotatable bonds is 5. The molecule has 4 nitrogen and oxygen atoms in total. The second kappa shape index (κ2) is 7.44. The Kier molecular flexibility index (Phi) is 5.84. The first-order chi connectivity index (χ1) is 10.1. The molecule has 0 saturated heterocycles. The largest absolute Gasteiger partial charge is 0.391 e. The zero-order valence-corrected chi connectivity index (χ0v) is 13.5. The predicted molar refractivity (Wildman–Crippen MR) is 88.7 cm³/mol. The molecule has 2 fully saturated rings. The summed E-state index contributed by atoms with van der Waals surface area (Å²) >= 11 is 0. The van der Waals surface area contributed by atoms with Crippen molar-refractivity contribution in [2.24, 2.45) is 23.5 Å². The van der Waals surface area contributed by atoms with Crippen molar-refractivity contribution < 1.29 is 9.90 Å². The third-order valence-corrected chi connectivity index (χ3v) is 5.11. The molecule has 5 heteroatoms. The normalized spacial score (nSPS) is 30.6. The van der Waals surface area contributed by atoms with Gasteiger partial charge in [-0.1, -0.05) is 30.3 Å². The number of benzene rings is 1. The van der Waals surface area contributed by atoms with Gasteiger partial charge in [0.15, 0.2) is 0 Å². The Morgan fingerprint density at radius 3 is 2.59 bits per heavy atom. The highest BCUT2D eigenvalue weighted by molar-refractivity contribution is 5.85. The molecule has 0 heterocycles. The number of nitrogens with one attached hydrogen (secondary N) is 1. The minimum absolute atomic E-state index is 0. The van der Waals surface area contributed by atoms with Crippen LogP contribution in [0, 0.1) is 17.8 Å². The molecule has 2 bridgehead atoms. The lowest BCUT2D eigenvalue weighted by molar-refractivity contribution is -0.127. The van der Waals surface area contributed by atoms with Crippen LogP contribution >= 0.6 is 12.4 Å². The van der Waals surface area contributed by atoms with Gasteiger partial charge in [-0.05, 0) is 36.7 Å². The molecular formula is C17H25ClN2O2. The Bertz CT molecular complexity index is 495. The van der Waals surface area contributed by atoms with Crippen molar-refractivity contribution >= 4 is 18.3 Å². The number of hydrogen-bond acceptors (Lipinski definition) is 3. The molecule has 4 N–H and O–H groups in total. The van der Waals surface area contributed by atoms with Crippen LogP contribution in [0.5, 0.6) is 0 Å². The van der Waals surface area contributed by atoms with E-state index in [1.807, 2.05) is 30.3 Å². The maximum atomic E-state index is 12.3. The molecule has 0 aliphatic heterocycles. The van der Waals surface area contributed by atoms with Gasteiger partial charge >= 0.3 is 0 Å². The van der Waals surface area contributed by atoms with E-state index in [1.54, 1.807) is 0 Å². The van der Waals surface area contributed by atoms with Crippen molar-refractivity contribution in [1.82, 2.24) is 5.32 Å². The lowest BCUT2D eigenvalue weighted by atomic mass is 9.84. The summed E-state index contributed by atoms with van der Waals surface area (Å²) in [6.45, 7) is 0.300. The number of aliphatic hydroxyl groups is 1. The van der Waals surface area contributed by atoms with Crippen molar-refractivity contribution in [2.45, 2.75) is 37.8 Å². The number of aliphatic hydroxyl groups excluding tert-OH is 1. The van der Waals surface area contributed by atoms with Crippen LogP contribution in [-0.4, -0.2) is 29.7 Å². The van der Waals surface area contributed by atoms with E-state index in [1.165, 1.54) is 6.42 Å². The molecule has 2 saturated carbocycles. The predicted octanol–water partition coefficient (Wildman–Crippen LogP) is 1.50. The minimum atomic E-state index is -0.550. The highest BCUT2D eigenvalue weighted by Gasteiger charge is 2.48. The van der Waals surface area contributed by atoms with Crippen LogP contribution in [0.4, 0.5) is 0 Å². The van der Waals surface area contributed by atoms with Crippen LogP contribution in [0.15, 0.2) is 30.3 Å². The number of carbonyl (C=O) groups is 1. The van der Waals surface area contributed by atoms with Crippen LogP contribution in [0.25, 0.3) is 0 Å². The number of halogens is 1. The van der Waals surface area contributed by atoms with Crippen molar-refractivity contribution in [3.8, 4) is 0 Å². The van der Waals surface area contributed by atoms with E-state index in [9.17, 15) is 9.90 Å². The Hall–Kier alpha value is -1.10. The summed E-state index contributed by atoms with van der Waals surface area (Å²) in [6, 6.07) is 9.83. The van der Waals surface area contributed by atoms with E-state index in [0.29, 0.717) is 24.8 Å². The molecule has 122 valence electrons. The molecule has 0 spiro atoms. The Balaban J connectivity index is 0.00000176. The summed E-state index contributed by atoms with van der Waals surface area (Å²) in [5, 5.41) is 12.9. The molecule has 0 radical (unpaired) electrons. The quantitative estimate of drug-likeness (QED) is 0.768. The summed E-state index contributed by atoms with van der Waals surface area (Å²) in [5.41, 5.74) is 7.25. The van der Waals surface area contributed by atoms with E-state index >= 15 is 0 Å². The molecule has 1 aromatic rings. The van der Waals surface area contributed by atoms with E-state index in [2.05, 4.69) is 5.32 Å². The number of fused-ring (bicyclic) bond motifs is 2. The third-order valence-electron chi connectivity index (χ3n) is 5.11. The van der Waals surface area contributed by atoms with Gasteiger partial charge in [-0.25, -0.2) is 0 Å². The highest BCUT2D eigenvalue weighted by atomic mass is 35.5. The average molecular weight is 325 g/mol. The van der Waals surface area contributed by atoms with Gasteiger partial charge < -0.3 is 16.2 Å². The van der Waals surface area contributed by atoms with Gasteiger partial charge in [-0.3, -0.25) is 4.79 Å². The molecule has 2 aliphatic rings. The van der Waals surface area contributed by atoms with Gasteiger partial charge in [0.2, 0.25) is 5.91 Å². The van der Waals surface area contributed by atoms with Crippen LogP contribution in [-0.2, 0) is 11.2 Å². The van der Waals surface area contributed by atoms with E-state index < -0.39 is 6.10 Å². The number of amides is 1. The average Bonchev–Trinajstić information content (AvgIpc) is 3.07. The zero-order valence-electron chi connectivity index (χ0n) is 12.7. The summed E-state index contributed by atoms with van der Waals surface area (Å²) in [5.74, 6) is 0.964. The van der Waals surface area contributed by atoms with Crippen molar-refractivity contribution in [3.05, 3.63) is 35.9 Å².